The quantitative estimate of drug-likeness (QED) is 0.152. The van der Waals surface area contributed by atoms with Gasteiger partial charge in [0.05, 0.1) is 18.8 Å². The normalized spacial score (nSPS) is 22.6. The summed E-state index contributed by atoms with van der Waals surface area (Å²) in [7, 11) is 0. The van der Waals surface area contributed by atoms with Crippen LogP contribution in [0.5, 0.6) is 0 Å². The molecule has 2 amide bonds. The molecule has 0 unspecified atom stereocenters. The molecule has 3 aromatic rings. The van der Waals surface area contributed by atoms with E-state index in [0.29, 0.717) is 25.6 Å². The highest BCUT2D eigenvalue weighted by Gasteiger charge is 2.36. The molecule has 274 valence electrons. The second-order valence-electron chi connectivity index (χ2n) is 14.5. The van der Waals surface area contributed by atoms with Gasteiger partial charge < -0.3 is 30.1 Å². The lowest BCUT2D eigenvalue weighted by molar-refractivity contribution is -0.253. The van der Waals surface area contributed by atoms with E-state index in [-0.39, 0.29) is 30.6 Å². The van der Waals surface area contributed by atoms with Gasteiger partial charge in [0.1, 0.15) is 0 Å². The van der Waals surface area contributed by atoms with Crippen molar-refractivity contribution in [2.45, 2.75) is 102 Å². The highest BCUT2D eigenvalue weighted by molar-refractivity contribution is 5.76. The van der Waals surface area contributed by atoms with Gasteiger partial charge in [0.25, 0.3) is 0 Å². The van der Waals surface area contributed by atoms with Gasteiger partial charge >= 0.3 is 0 Å². The Morgan fingerprint density at radius 2 is 1.59 bits per heavy atom. The summed E-state index contributed by atoms with van der Waals surface area (Å²) in [6, 6.07) is 25.4. The maximum Gasteiger partial charge on any atom is 0.220 e. The Balaban J connectivity index is 1.10. The van der Waals surface area contributed by atoms with Crippen LogP contribution in [0.2, 0.25) is 0 Å². The average Bonchev–Trinajstić information content (AvgIpc) is 3.84. The van der Waals surface area contributed by atoms with Crippen LogP contribution in [0.4, 0.5) is 0 Å². The van der Waals surface area contributed by atoms with Crippen LogP contribution in [0.25, 0.3) is 11.1 Å². The van der Waals surface area contributed by atoms with E-state index in [4.69, 9.17) is 9.47 Å². The van der Waals surface area contributed by atoms with Gasteiger partial charge in [-0.2, -0.15) is 0 Å². The van der Waals surface area contributed by atoms with Crippen molar-refractivity contribution in [2.75, 3.05) is 39.3 Å². The summed E-state index contributed by atoms with van der Waals surface area (Å²) in [5, 5.41) is 15.5. The molecule has 0 radical (unpaired) electrons. The Bertz CT molecular complexity index is 1540. The molecule has 0 bridgehead atoms. The largest absolute Gasteiger partial charge is 0.392 e. The molecular weight excluding hydrogens is 640 g/mol. The molecule has 3 heterocycles. The zero-order valence-electron chi connectivity index (χ0n) is 30.2. The summed E-state index contributed by atoms with van der Waals surface area (Å²) < 4.78 is 13.4. The predicted octanol–water partition coefficient (Wildman–Crippen LogP) is 6.26. The Morgan fingerprint density at radius 1 is 0.824 bits per heavy atom. The van der Waals surface area contributed by atoms with E-state index in [1.165, 1.54) is 45.7 Å². The van der Waals surface area contributed by atoms with Crippen molar-refractivity contribution in [1.82, 2.24) is 20.4 Å². The molecule has 9 heteroatoms. The molecule has 6 rings (SSSR count). The van der Waals surface area contributed by atoms with Gasteiger partial charge in [-0.1, -0.05) is 79.2 Å². The van der Waals surface area contributed by atoms with Gasteiger partial charge in [0, 0.05) is 57.5 Å². The third-order valence-electron chi connectivity index (χ3n) is 10.7. The number of nitrogens with one attached hydrogen (secondary N) is 2. The summed E-state index contributed by atoms with van der Waals surface area (Å²) in [6.45, 7) is 8.29. The molecule has 0 spiro atoms. The minimum Gasteiger partial charge on any atom is -0.392 e. The summed E-state index contributed by atoms with van der Waals surface area (Å²) in [5.74, 6) is 0.0207. The van der Waals surface area contributed by atoms with Crippen LogP contribution in [0, 0.1) is 0 Å². The van der Waals surface area contributed by atoms with Crippen LogP contribution < -0.4 is 10.6 Å². The number of likely N-dealkylation sites (tertiary alicyclic amines) is 2. The predicted molar refractivity (Wildman–Crippen MR) is 200 cm³/mol. The van der Waals surface area contributed by atoms with Crippen LogP contribution in [0.3, 0.4) is 0 Å². The fourth-order valence-corrected chi connectivity index (χ4v) is 7.81. The summed E-state index contributed by atoms with van der Waals surface area (Å²) in [4.78, 5) is 28.9. The number of amides is 2. The van der Waals surface area contributed by atoms with E-state index >= 15 is 0 Å². The first-order valence-corrected chi connectivity index (χ1v) is 19.1. The molecular formula is C42H56N4O5. The van der Waals surface area contributed by atoms with Crippen molar-refractivity contribution in [3.05, 3.63) is 95.1 Å². The zero-order valence-corrected chi connectivity index (χ0v) is 30.2. The van der Waals surface area contributed by atoms with Crippen molar-refractivity contribution in [3.8, 4) is 11.1 Å². The van der Waals surface area contributed by atoms with Crippen LogP contribution in [-0.2, 0) is 32.2 Å². The number of hydrogen-bond donors (Lipinski definition) is 3. The fourth-order valence-electron chi connectivity index (χ4n) is 7.81. The first-order valence-electron chi connectivity index (χ1n) is 19.1. The number of rotatable bonds is 16. The first-order chi connectivity index (χ1) is 24.9. The van der Waals surface area contributed by atoms with Gasteiger partial charge in [-0.05, 0) is 86.0 Å². The lowest BCUT2D eigenvalue weighted by Crippen LogP contribution is -2.45. The highest BCUT2D eigenvalue weighted by atomic mass is 16.7. The average molecular weight is 697 g/mol. The van der Waals surface area contributed by atoms with Crippen molar-refractivity contribution in [3.63, 3.8) is 0 Å². The summed E-state index contributed by atoms with van der Waals surface area (Å²) in [6.07, 6.45) is 8.40. The monoisotopic (exact) mass is 696 g/mol. The number of unbranched alkanes of at least 4 members (excludes halogenated alkanes) is 2. The maximum absolute atomic E-state index is 12.6. The number of ether oxygens (including phenoxy) is 2. The Hall–Kier alpha value is -3.60. The molecule has 9 nitrogen and oxygen atoms in total. The Morgan fingerprint density at radius 3 is 2.35 bits per heavy atom. The molecule has 51 heavy (non-hydrogen) atoms. The van der Waals surface area contributed by atoms with Gasteiger partial charge in [-0.25, -0.2) is 0 Å². The number of aliphatic hydroxyl groups is 1. The highest BCUT2D eigenvalue weighted by Crippen LogP contribution is 2.39. The van der Waals surface area contributed by atoms with Crippen LogP contribution in [-0.4, -0.2) is 78.1 Å². The van der Waals surface area contributed by atoms with Gasteiger partial charge in [0.2, 0.25) is 11.8 Å². The van der Waals surface area contributed by atoms with E-state index < -0.39 is 6.29 Å². The van der Waals surface area contributed by atoms with Crippen molar-refractivity contribution in [2.24, 2.45) is 0 Å². The Kier molecular flexibility index (Phi) is 13.7. The second-order valence-corrected chi connectivity index (χ2v) is 14.5. The van der Waals surface area contributed by atoms with E-state index in [1.54, 1.807) is 0 Å². The van der Waals surface area contributed by atoms with Crippen LogP contribution >= 0.6 is 0 Å². The molecule has 3 saturated heterocycles. The fraction of sp³-hybridized carbons (Fsp3) is 0.524. The number of nitrogens with zero attached hydrogens (tertiary/aromatic N) is 2. The van der Waals surface area contributed by atoms with E-state index in [1.807, 2.05) is 24.3 Å². The third-order valence-corrected chi connectivity index (χ3v) is 10.7. The lowest BCUT2D eigenvalue weighted by Gasteiger charge is -2.39. The number of aliphatic hydroxyl groups excluding tert-OH is 1. The van der Waals surface area contributed by atoms with Crippen LogP contribution in [0.1, 0.15) is 99.4 Å². The number of benzene rings is 3. The van der Waals surface area contributed by atoms with Crippen LogP contribution in [0.15, 0.2) is 72.8 Å². The maximum atomic E-state index is 12.6. The number of carbonyl (C=O) groups excluding carboxylic acids is 2. The molecule has 4 atom stereocenters. The van der Waals surface area contributed by atoms with Crippen molar-refractivity contribution >= 4 is 11.8 Å². The van der Waals surface area contributed by atoms with Gasteiger partial charge in [0.15, 0.2) is 6.29 Å². The first kappa shape index (κ1) is 37.2. The third kappa shape index (κ3) is 10.7. The zero-order chi connectivity index (χ0) is 35.4. The smallest absolute Gasteiger partial charge is 0.220 e. The topological polar surface area (TPSA) is 103 Å². The van der Waals surface area contributed by atoms with Gasteiger partial charge in [-0.15, -0.1) is 0 Å². The minimum absolute atomic E-state index is 0.0188. The van der Waals surface area contributed by atoms with Gasteiger partial charge in [-0.3, -0.25) is 14.5 Å². The summed E-state index contributed by atoms with van der Waals surface area (Å²) in [5.41, 5.74) is 6.22. The van der Waals surface area contributed by atoms with E-state index in [9.17, 15) is 14.7 Å². The van der Waals surface area contributed by atoms with Crippen molar-refractivity contribution in [1.29, 1.82) is 0 Å². The molecule has 0 aromatic heterocycles. The number of carbonyl (C=O) groups is 2. The molecule has 3 aromatic carbocycles. The standard InChI is InChI=1S/C42H56N4O5/c1-31(48)43-22-6-2-3-13-41(49)44-27-36-10-4-5-12-39(36)33-18-20-35(21-19-33)42-50-38(26-40(51-42)34-16-14-32(30-47)15-17-34)29-46-25-9-11-37(46)28-45-23-7-8-24-45/h4-5,10,12,14-21,37-38,40,42,47H,2-3,6-9,11,13,22-30H2,1H3,(H,43,48)(H,44,49)/t37-,38+,40-,42-/m0/s1. The molecule has 0 saturated carbocycles. The van der Waals surface area contributed by atoms with E-state index in [2.05, 4.69) is 69.0 Å². The second kappa shape index (κ2) is 18.8. The SMILES string of the molecule is CC(=O)NCCCCCC(=O)NCc1ccccc1-c1ccc([C@H]2O[C@@H](CN3CCC[C@H]3CN3CCCC3)C[C@@H](c3ccc(CO)cc3)O2)cc1. The Labute approximate surface area is 303 Å². The minimum atomic E-state index is -0.493. The van der Waals surface area contributed by atoms with Crippen molar-refractivity contribution < 1.29 is 24.2 Å². The van der Waals surface area contributed by atoms with E-state index in [0.717, 1.165) is 78.7 Å². The summed E-state index contributed by atoms with van der Waals surface area (Å²) >= 11 is 0. The molecule has 3 fully saturated rings. The molecule has 3 aliphatic rings. The molecule has 0 aliphatic carbocycles. The lowest BCUT2D eigenvalue weighted by atomic mass is 9.97. The molecule has 3 N–H and O–H groups in total. The molecule has 3 aliphatic heterocycles. The number of hydrogen-bond acceptors (Lipinski definition) is 7.